The van der Waals surface area contributed by atoms with Crippen LogP contribution in [0.5, 0.6) is 5.75 Å². The van der Waals surface area contributed by atoms with Crippen molar-refractivity contribution in [1.82, 2.24) is 4.90 Å². The van der Waals surface area contributed by atoms with Crippen LogP contribution >= 0.6 is 0 Å². The lowest BCUT2D eigenvalue weighted by Crippen LogP contribution is -2.28. The number of amides is 1. The van der Waals surface area contributed by atoms with Crippen LogP contribution in [0.25, 0.3) is 0 Å². The first-order chi connectivity index (χ1) is 8.45. The van der Waals surface area contributed by atoms with Gasteiger partial charge < -0.3 is 15.4 Å². The fourth-order valence-corrected chi connectivity index (χ4v) is 1.64. The number of nitrogen functional groups attached to an aromatic ring is 1. The molecule has 1 aromatic carbocycles. The predicted molar refractivity (Wildman–Crippen MR) is 73.8 cm³/mol. The summed E-state index contributed by atoms with van der Waals surface area (Å²) in [5.74, 6) is 1.17. The van der Waals surface area contributed by atoms with E-state index in [1.165, 1.54) is 0 Å². The van der Waals surface area contributed by atoms with Gasteiger partial charge in [0.25, 0.3) is 5.91 Å². The Kier molecular flexibility index (Phi) is 5.01. The summed E-state index contributed by atoms with van der Waals surface area (Å²) in [4.78, 5) is 13.9. The molecular formula is C14H22N2O2. The molecule has 0 aliphatic rings. The summed E-state index contributed by atoms with van der Waals surface area (Å²) in [6.07, 6.45) is 0.994. The molecule has 100 valence electrons. The molecule has 0 saturated heterocycles. The highest BCUT2D eigenvalue weighted by Crippen LogP contribution is 2.22. The topological polar surface area (TPSA) is 55.6 Å². The van der Waals surface area contributed by atoms with Crippen LogP contribution in [-0.4, -0.2) is 31.5 Å². The van der Waals surface area contributed by atoms with Crippen molar-refractivity contribution in [3.8, 4) is 5.75 Å². The van der Waals surface area contributed by atoms with Gasteiger partial charge in [0.05, 0.1) is 12.8 Å². The van der Waals surface area contributed by atoms with Crippen molar-refractivity contribution in [2.24, 2.45) is 5.92 Å². The number of anilines is 1. The Balaban J connectivity index is 2.74. The highest BCUT2D eigenvalue weighted by atomic mass is 16.5. The van der Waals surface area contributed by atoms with Crippen molar-refractivity contribution in [3.05, 3.63) is 23.8 Å². The molecule has 0 spiro atoms. The molecule has 2 N–H and O–H groups in total. The van der Waals surface area contributed by atoms with Gasteiger partial charge in [0.1, 0.15) is 5.75 Å². The van der Waals surface area contributed by atoms with E-state index < -0.39 is 0 Å². The molecule has 0 fully saturated rings. The number of hydrogen-bond acceptors (Lipinski definition) is 3. The highest BCUT2D eigenvalue weighted by Gasteiger charge is 2.13. The number of nitrogens with zero attached hydrogens (tertiary/aromatic N) is 1. The number of benzene rings is 1. The normalized spacial score (nSPS) is 10.5. The Labute approximate surface area is 109 Å². The summed E-state index contributed by atoms with van der Waals surface area (Å²) >= 11 is 0. The molecule has 18 heavy (non-hydrogen) atoms. The van der Waals surface area contributed by atoms with E-state index in [9.17, 15) is 4.79 Å². The van der Waals surface area contributed by atoms with Gasteiger partial charge in [-0.15, -0.1) is 0 Å². The minimum Gasteiger partial charge on any atom is -0.495 e. The highest BCUT2D eigenvalue weighted by molar-refractivity contribution is 5.95. The van der Waals surface area contributed by atoms with Crippen molar-refractivity contribution in [3.63, 3.8) is 0 Å². The first-order valence-electron chi connectivity index (χ1n) is 6.14. The smallest absolute Gasteiger partial charge is 0.253 e. The average molecular weight is 250 g/mol. The monoisotopic (exact) mass is 250 g/mol. The van der Waals surface area contributed by atoms with Crippen molar-refractivity contribution in [2.75, 3.05) is 26.4 Å². The van der Waals surface area contributed by atoms with E-state index in [2.05, 4.69) is 13.8 Å². The maximum atomic E-state index is 12.1. The average Bonchev–Trinajstić information content (AvgIpc) is 2.34. The van der Waals surface area contributed by atoms with E-state index in [0.717, 1.165) is 13.0 Å². The molecule has 1 aromatic rings. The van der Waals surface area contributed by atoms with Crippen LogP contribution in [0.3, 0.4) is 0 Å². The molecule has 4 heteroatoms. The summed E-state index contributed by atoms with van der Waals surface area (Å²) in [5.41, 5.74) is 6.88. The molecule has 0 saturated carbocycles. The second kappa shape index (κ2) is 6.28. The van der Waals surface area contributed by atoms with E-state index >= 15 is 0 Å². The van der Waals surface area contributed by atoms with Crippen LogP contribution < -0.4 is 10.5 Å². The number of hydrogen-bond donors (Lipinski definition) is 1. The quantitative estimate of drug-likeness (QED) is 0.816. The standard InChI is InChI=1S/C14H22N2O2/c1-10(2)7-8-16(3)14(17)11-5-6-13(18-4)12(15)9-11/h5-6,9-10H,7-8,15H2,1-4H3. The first kappa shape index (κ1) is 14.4. The van der Waals surface area contributed by atoms with E-state index in [1.807, 2.05) is 7.05 Å². The number of carbonyl (C=O) groups is 1. The Hall–Kier alpha value is -1.71. The van der Waals surface area contributed by atoms with Gasteiger partial charge in [0.15, 0.2) is 0 Å². The molecule has 0 aromatic heterocycles. The minimum absolute atomic E-state index is 0.00926. The summed E-state index contributed by atoms with van der Waals surface area (Å²) in [5, 5.41) is 0. The van der Waals surface area contributed by atoms with Gasteiger partial charge >= 0.3 is 0 Å². The second-order valence-corrected chi connectivity index (χ2v) is 4.87. The zero-order valence-electron chi connectivity index (χ0n) is 11.6. The number of rotatable bonds is 5. The molecule has 0 unspecified atom stereocenters. The Morgan fingerprint density at radius 1 is 1.44 bits per heavy atom. The largest absolute Gasteiger partial charge is 0.495 e. The lowest BCUT2D eigenvalue weighted by atomic mass is 10.1. The minimum atomic E-state index is -0.00926. The van der Waals surface area contributed by atoms with Gasteiger partial charge in [-0.05, 0) is 30.5 Å². The zero-order chi connectivity index (χ0) is 13.7. The number of carbonyl (C=O) groups excluding carboxylic acids is 1. The Morgan fingerprint density at radius 2 is 2.11 bits per heavy atom. The molecule has 1 rings (SSSR count). The molecule has 0 radical (unpaired) electrons. The third-order valence-electron chi connectivity index (χ3n) is 2.87. The van der Waals surface area contributed by atoms with Gasteiger partial charge in [0, 0.05) is 19.2 Å². The molecule has 0 aliphatic heterocycles. The summed E-state index contributed by atoms with van der Waals surface area (Å²) in [6, 6.07) is 5.12. The zero-order valence-corrected chi connectivity index (χ0v) is 11.6. The van der Waals surface area contributed by atoms with Crippen LogP contribution in [-0.2, 0) is 0 Å². The lowest BCUT2D eigenvalue weighted by molar-refractivity contribution is 0.0789. The summed E-state index contributed by atoms with van der Waals surface area (Å²) < 4.78 is 5.07. The maximum absolute atomic E-state index is 12.1. The van der Waals surface area contributed by atoms with Gasteiger partial charge in [-0.2, -0.15) is 0 Å². The predicted octanol–water partition coefficient (Wildman–Crippen LogP) is 2.40. The van der Waals surface area contributed by atoms with Crippen LogP contribution in [0.4, 0.5) is 5.69 Å². The van der Waals surface area contributed by atoms with Crippen molar-refractivity contribution in [2.45, 2.75) is 20.3 Å². The van der Waals surface area contributed by atoms with E-state index in [0.29, 0.717) is 22.9 Å². The van der Waals surface area contributed by atoms with Crippen molar-refractivity contribution in [1.29, 1.82) is 0 Å². The van der Waals surface area contributed by atoms with Crippen molar-refractivity contribution >= 4 is 11.6 Å². The SMILES string of the molecule is COc1ccc(C(=O)N(C)CCC(C)C)cc1N. The Morgan fingerprint density at radius 3 is 2.61 bits per heavy atom. The van der Waals surface area contributed by atoms with Crippen LogP contribution in [0.1, 0.15) is 30.6 Å². The molecular weight excluding hydrogens is 228 g/mol. The summed E-state index contributed by atoms with van der Waals surface area (Å²) in [6.45, 7) is 5.04. The first-order valence-corrected chi connectivity index (χ1v) is 6.14. The van der Waals surface area contributed by atoms with E-state index in [1.54, 1.807) is 30.2 Å². The lowest BCUT2D eigenvalue weighted by Gasteiger charge is -2.18. The van der Waals surface area contributed by atoms with Crippen LogP contribution in [0, 0.1) is 5.92 Å². The third-order valence-corrected chi connectivity index (χ3v) is 2.87. The molecule has 1 amide bonds. The Bertz CT molecular complexity index is 416. The maximum Gasteiger partial charge on any atom is 0.253 e. The molecule has 0 aliphatic carbocycles. The second-order valence-electron chi connectivity index (χ2n) is 4.87. The van der Waals surface area contributed by atoms with Gasteiger partial charge in [0.2, 0.25) is 0 Å². The van der Waals surface area contributed by atoms with Gasteiger partial charge in [-0.3, -0.25) is 4.79 Å². The van der Waals surface area contributed by atoms with E-state index in [4.69, 9.17) is 10.5 Å². The number of ether oxygens (including phenoxy) is 1. The van der Waals surface area contributed by atoms with Crippen LogP contribution in [0.2, 0.25) is 0 Å². The number of methoxy groups -OCH3 is 1. The summed E-state index contributed by atoms with van der Waals surface area (Å²) in [7, 11) is 3.37. The van der Waals surface area contributed by atoms with E-state index in [-0.39, 0.29) is 5.91 Å². The van der Waals surface area contributed by atoms with Gasteiger partial charge in [-0.25, -0.2) is 0 Å². The third kappa shape index (κ3) is 3.65. The fraction of sp³-hybridized carbons (Fsp3) is 0.500. The molecule has 0 heterocycles. The van der Waals surface area contributed by atoms with Crippen molar-refractivity contribution < 1.29 is 9.53 Å². The van der Waals surface area contributed by atoms with Gasteiger partial charge in [-0.1, -0.05) is 13.8 Å². The molecule has 0 atom stereocenters. The van der Waals surface area contributed by atoms with Crippen LogP contribution in [0.15, 0.2) is 18.2 Å². The molecule has 4 nitrogen and oxygen atoms in total. The number of nitrogens with two attached hydrogens (primary N) is 1. The fourth-order valence-electron chi connectivity index (χ4n) is 1.64. The molecule has 0 bridgehead atoms.